The lowest BCUT2D eigenvalue weighted by Crippen LogP contribution is -2.12. The Morgan fingerprint density at radius 1 is 1.50 bits per heavy atom. The maximum atomic E-state index is 12.7. The summed E-state index contributed by atoms with van der Waals surface area (Å²) in [7, 11) is 5.78. The third-order valence-corrected chi connectivity index (χ3v) is 1.53. The fourth-order valence-electron chi connectivity index (χ4n) is 0.699. The smallest absolute Gasteiger partial charge is 0.230 e. The normalized spacial score (nSPS) is 9.67. The standard InChI is InChI=1S/C6H10FN4P/c1-11(2)5-3-4(7)8-6(9-5)10-12/h3H,12H2,1-2H3,(H,8,9,10). The first-order valence-corrected chi connectivity index (χ1v) is 3.89. The lowest BCUT2D eigenvalue weighted by atomic mass is 10.5. The van der Waals surface area contributed by atoms with Gasteiger partial charge in [0.15, 0.2) is 0 Å². The van der Waals surface area contributed by atoms with Gasteiger partial charge in [-0.25, -0.2) is 0 Å². The maximum Gasteiger partial charge on any atom is 0.230 e. The molecule has 1 unspecified atom stereocenters. The van der Waals surface area contributed by atoms with Crippen molar-refractivity contribution in [2.45, 2.75) is 0 Å². The highest BCUT2D eigenvalue weighted by Crippen LogP contribution is 2.11. The molecular formula is C6H10FN4P. The van der Waals surface area contributed by atoms with Crippen LogP contribution in [0.2, 0.25) is 0 Å². The molecule has 0 amide bonds. The lowest BCUT2D eigenvalue weighted by molar-refractivity contribution is 0.582. The van der Waals surface area contributed by atoms with Crippen molar-refractivity contribution in [1.29, 1.82) is 0 Å². The molecule has 6 heteroatoms. The van der Waals surface area contributed by atoms with Gasteiger partial charge in [0, 0.05) is 20.2 Å². The van der Waals surface area contributed by atoms with Crippen molar-refractivity contribution in [3.05, 3.63) is 12.0 Å². The van der Waals surface area contributed by atoms with E-state index < -0.39 is 5.95 Å². The van der Waals surface area contributed by atoms with Gasteiger partial charge in [-0.15, -0.1) is 0 Å². The average molecular weight is 188 g/mol. The molecule has 0 fully saturated rings. The highest BCUT2D eigenvalue weighted by atomic mass is 31.0. The van der Waals surface area contributed by atoms with E-state index in [9.17, 15) is 4.39 Å². The van der Waals surface area contributed by atoms with Crippen LogP contribution >= 0.6 is 9.39 Å². The molecule has 0 aliphatic heterocycles. The van der Waals surface area contributed by atoms with Crippen LogP contribution in [0.5, 0.6) is 0 Å². The van der Waals surface area contributed by atoms with Gasteiger partial charge in [-0.3, -0.25) is 0 Å². The fourth-order valence-corrected chi connectivity index (χ4v) is 0.829. The monoisotopic (exact) mass is 188 g/mol. The molecule has 1 rings (SSSR count). The molecule has 1 atom stereocenters. The second-order valence-corrected chi connectivity index (χ2v) is 2.70. The van der Waals surface area contributed by atoms with Gasteiger partial charge in [-0.05, 0) is 9.39 Å². The van der Waals surface area contributed by atoms with E-state index in [1.54, 1.807) is 19.0 Å². The van der Waals surface area contributed by atoms with Crippen LogP contribution in [-0.2, 0) is 0 Å². The summed E-state index contributed by atoms with van der Waals surface area (Å²) in [6, 6.07) is 1.27. The van der Waals surface area contributed by atoms with E-state index in [0.717, 1.165) is 0 Å². The molecular weight excluding hydrogens is 178 g/mol. The highest BCUT2D eigenvalue weighted by molar-refractivity contribution is 7.18. The number of aromatic nitrogens is 2. The quantitative estimate of drug-likeness (QED) is 0.552. The summed E-state index contributed by atoms with van der Waals surface area (Å²) in [4.78, 5) is 9.20. The summed E-state index contributed by atoms with van der Waals surface area (Å²) in [5, 5.41) is 2.59. The number of nitrogens with one attached hydrogen (secondary N) is 1. The molecule has 0 aliphatic rings. The van der Waals surface area contributed by atoms with Crippen LogP contribution in [0.4, 0.5) is 16.2 Å². The van der Waals surface area contributed by atoms with Crippen LogP contribution in [0.3, 0.4) is 0 Å². The summed E-state index contributed by atoms with van der Waals surface area (Å²) in [5.74, 6) is 0.245. The molecule has 1 N–H and O–H groups in total. The molecule has 0 saturated carbocycles. The summed E-state index contributed by atoms with van der Waals surface area (Å²) in [6.45, 7) is 0. The highest BCUT2D eigenvalue weighted by Gasteiger charge is 2.03. The van der Waals surface area contributed by atoms with Crippen molar-refractivity contribution >= 4 is 21.2 Å². The Hall–Kier alpha value is -0.960. The van der Waals surface area contributed by atoms with Crippen molar-refractivity contribution in [3.8, 4) is 0 Å². The molecule has 1 aromatic rings. The topological polar surface area (TPSA) is 41.1 Å². The summed E-state index contributed by atoms with van der Waals surface area (Å²) >= 11 is 0. The Morgan fingerprint density at radius 2 is 2.17 bits per heavy atom. The first kappa shape index (κ1) is 9.13. The zero-order valence-electron chi connectivity index (χ0n) is 6.87. The SMILES string of the molecule is CN(C)c1cc(F)nc(NP)n1. The molecule has 66 valence electrons. The van der Waals surface area contributed by atoms with Gasteiger partial charge in [0.25, 0.3) is 0 Å². The minimum atomic E-state index is -0.543. The molecule has 1 aromatic heterocycles. The van der Waals surface area contributed by atoms with E-state index in [4.69, 9.17) is 0 Å². The molecule has 0 bridgehead atoms. The Bertz CT molecular complexity index is 278. The van der Waals surface area contributed by atoms with Gasteiger partial charge in [0.2, 0.25) is 11.9 Å². The number of halogens is 1. The fraction of sp³-hybridized carbons (Fsp3) is 0.333. The van der Waals surface area contributed by atoms with Crippen LogP contribution in [0.15, 0.2) is 6.07 Å². The van der Waals surface area contributed by atoms with Crippen molar-refractivity contribution < 1.29 is 4.39 Å². The van der Waals surface area contributed by atoms with E-state index in [2.05, 4.69) is 24.4 Å². The molecule has 12 heavy (non-hydrogen) atoms. The summed E-state index contributed by atoms with van der Waals surface area (Å²) in [6.07, 6.45) is 0. The molecule has 4 nitrogen and oxygen atoms in total. The van der Waals surface area contributed by atoms with Gasteiger partial charge >= 0.3 is 0 Å². The van der Waals surface area contributed by atoms with E-state index in [1.807, 2.05) is 0 Å². The van der Waals surface area contributed by atoms with Gasteiger partial charge in [-0.2, -0.15) is 14.4 Å². The molecule has 0 aromatic carbocycles. The minimum absolute atomic E-state index is 0.253. The van der Waals surface area contributed by atoms with Gasteiger partial charge in [0.05, 0.1) is 0 Å². The lowest BCUT2D eigenvalue weighted by Gasteiger charge is -2.11. The number of hydrogen-bond donors (Lipinski definition) is 1. The van der Waals surface area contributed by atoms with Gasteiger partial charge in [-0.1, -0.05) is 0 Å². The summed E-state index contributed by atoms with van der Waals surface area (Å²) in [5.41, 5.74) is 0. The van der Waals surface area contributed by atoms with Crippen molar-refractivity contribution in [2.24, 2.45) is 0 Å². The van der Waals surface area contributed by atoms with Crippen LogP contribution in [0.1, 0.15) is 0 Å². The van der Waals surface area contributed by atoms with Crippen LogP contribution in [0.25, 0.3) is 0 Å². The van der Waals surface area contributed by atoms with Gasteiger partial charge < -0.3 is 9.99 Å². The third-order valence-electron chi connectivity index (χ3n) is 1.27. The maximum absolute atomic E-state index is 12.7. The third kappa shape index (κ3) is 2.01. The number of anilines is 2. The largest absolute Gasteiger partial charge is 0.362 e. The molecule has 0 radical (unpaired) electrons. The van der Waals surface area contributed by atoms with Crippen molar-refractivity contribution in [3.63, 3.8) is 0 Å². The van der Waals surface area contributed by atoms with Crippen LogP contribution in [-0.4, -0.2) is 24.1 Å². The number of nitrogens with zero attached hydrogens (tertiary/aromatic N) is 3. The van der Waals surface area contributed by atoms with Crippen molar-refractivity contribution in [1.82, 2.24) is 9.97 Å². The first-order valence-electron chi connectivity index (χ1n) is 3.32. The second kappa shape index (κ2) is 3.63. The molecule has 0 spiro atoms. The van der Waals surface area contributed by atoms with Gasteiger partial charge in [0.1, 0.15) is 5.82 Å². The Labute approximate surface area is 72.5 Å². The molecule has 0 saturated heterocycles. The molecule has 1 heterocycles. The van der Waals surface area contributed by atoms with Crippen LogP contribution in [0, 0.1) is 5.95 Å². The first-order chi connectivity index (χ1) is 5.63. The van der Waals surface area contributed by atoms with E-state index in [0.29, 0.717) is 5.82 Å². The van der Waals surface area contributed by atoms with Crippen LogP contribution < -0.4 is 9.99 Å². The number of hydrogen-bond acceptors (Lipinski definition) is 4. The molecule has 0 aliphatic carbocycles. The predicted octanol–water partition coefficient (Wildman–Crippen LogP) is 0.884. The number of rotatable bonds is 2. The second-order valence-electron chi connectivity index (χ2n) is 2.41. The minimum Gasteiger partial charge on any atom is -0.362 e. The van der Waals surface area contributed by atoms with E-state index >= 15 is 0 Å². The zero-order valence-corrected chi connectivity index (χ0v) is 8.03. The van der Waals surface area contributed by atoms with E-state index in [-0.39, 0.29) is 5.95 Å². The summed E-state index contributed by atoms with van der Waals surface area (Å²) < 4.78 is 12.7. The Balaban J connectivity index is 3.06. The van der Waals surface area contributed by atoms with Crippen molar-refractivity contribution in [2.75, 3.05) is 24.1 Å². The Kier molecular flexibility index (Phi) is 2.76. The predicted molar refractivity (Wildman–Crippen MR) is 49.6 cm³/mol. The zero-order chi connectivity index (χ0) is 9.14. The average Bonchev–Trinajstić information content (AvgIpc) is 2.03. The Morgan fingerprint density at radius 3 is 2.67 bits per heavy atom. The van der Waals surface area contributed by atoms with E-state index in [1.165, 1.54) is 6.07 Å².